The second-order valence-corrected chi connectivity index (χ2v) is 2.92. The van der Waals surface area contributed by atoms with Crippen LogP contribution in [0.5, 0.6) is 0 Å². The summed E-state index contributed by atoms with van der Waals surface area (Å²) in [5.74, 6) is 0.615. The minimum atomic E-state index is 0.221. The van der Waals surface area contributed by atoms with Crippen molar-refractivity contribution in [1.29, 1.82) is 0 Å². The number of piperidine rings is 1. The van der Waals surface area contributed by atoms with Gasteiger partial charge in [0.05, 0.1) is 0 Å². The summed E-state index contributed by atoms with van der Waals surface area (Å²) >= 11 is 3.29. The van der Waals surface area contributed by atoms with Crippen molar-refractivity contribution < 1.29 is 4.79 Å². The number of nitrogens with one attached hydrogen (secondary N) is 1. The van der Waals surface area contributed by atoms with Gasteiger partial charge in [-0.3, -0.25) is 4.79 Å². The van der Waals surface area contributed by atoms with Crippen LogP contribution in [-0.4, -0.2) is 24.2 Å². The van der Waals surface area contributed by atoms with Crippen LogP contribution in [0, 0.1) is 5.92 Å². The second-order valence-electron chi connectivity index (χ2n) is 2.27. The zero-order valence-electron chi connectivity index (χ0n) is 5.19. The fourth-order valence-electron chi connectivity index (χ4n) is 0.946. The molecule has 0 aromatic carbocycles. The molecule has 2 nitrogen and oxygen atoms in total. The van der Waals surface area contributed by atoms with Gasteiger partial charge in [0, 0.05) is 30.8 Å². The van der Waals surface area contributed by atoms with Crippen LogP contribution in [0.3, 0.4) is 0 Å². The largest absolute Gasteiger partial charge is 0.316 e. The van der Waals surface area contributed by atoms with E-state index in [-0.39, 0.29) is 5.92 Å². The number of ketones is 1. The Balaban J connectivity index is 2.39. The summed E-state index contributed by atoms with van der Waals surface area (Å²) < 4.78 is 0. The Morgan fingerprint density at radius 2 is 2.56 bits per heavy atom. The van der Waals surface area contributed by atoms with E-state index in [1.807, 2.05) is 0 Å². The van der Waals surface area contributed by atoms with Crippen LogP contribution in [0.4, 0.5) is 0 Å². The van der Waals surface area contributed by atoms with Gasteiger partial charge in [-0.25, -0.2) is 0 Å². The minimum Gasteiger partial charge on any atom is -0.316 e. The molecule has 1 unspecified atom stereocenters. The maximum atomic E-state index is 11.0. The molecule has 1 atom stereocenters. The maximum absolute atomic E-state index is 11.0. The first-order chi connectivity index (χ1) is 4.34. The smallest absolute Gasteiger partial charge is 0.139 e. The number of halogens is 1. The van der Waals surface area contributed by atoms with E-state index in [1.165, 1.54) is 0 Å². The predicted molar refractivity (Wildman–Crippen MR) is 39.8 cm³/mol. The molecule has 0 aromatic heterocycles. The van der Waals surface area contributed by atoms with E-state index in [9.17, 15) is 4.79 Å². The van der Waals surface area contributed by atoms with Crippen molar-refractivity contribution in [1.82, 2.24) is 5.32 Å². The first-order valence-corrected chi connectivity index (χ1v) is 4.26. The number of hydrogen-bond donors (Lipinski definition) is 1. The van der Waals surface area contributed by atoms with Crippen molar-refractivity contribution in [2.24, 2.45) is 5.92 Å². The van der Waals surface area contributed by atoms with Crippen LogP contribution in [-0.2, 0) is 4.79 Å². The van der Waals surface area contributed by atoms with E-state index >= 15 is 0 Å². The molecule has 0 bridgehead atoms. The first kappa shape index (κ1) is 7.22. The Hall–Kier alpha value is 0.110. The molecule has 52 valence electrons. The third-order valence-electron chi connectivity index (χ3n) is 1.58. The predicted octanol–water partition coefficient (Wildman–Crippen LogP) is 0.560. The normalized spacial score (nSPS) is 28.6. The third-order valence-corrected chi connectivity index (χ3v) is 2.36. The number of hydrogen-bond acceptors (Lipinski definition) is 2. The molecule has 1 heterocycles. The summed E-state index contributed by atoms with van der Waals surface area (Å²) in [7, 11) is 0. The molecule has 9 heavy (non-hydrogen) atoms. The zero-order chi connectivity index (χ0) is 6.69. The molecule has 1 saturated heterocycles. The molecule has 1 N–H and O–H groups in total. The molecule has 1 aliphatic heterocycles. The molecule has 1 fully saturated rings. The van der Waals surface area contributed by atoms with Gasteiger partial charge in [0.2, 0.25) is 0 Å². The number of carbonyl (C=O) groups is 1. The van der Waals surface area contributed by atoms with Crippen LogP contribution in [0.15, 0.2) is 0 Å². The highest BCUT2D eigenvalue weighted by atomic mass is 79.9. The molecule has 0 amide bonds. The third kappa shape index (κ3) is 1.76. The molecule has 0 radical (unpaired) electrons. The lowest BCUT2D eigenvalue weighted by Crippen LogP contribution is -2.37. The SMILES string of the molecule is O=C1CCNCC1CBr. The standard InChI is InChI=1S/C6H10BrNO/c7-3-5-4-8-2-1-6(5)9/h5,8H,1-4H2. The van der Waals surface area contributed by atoms with Crippen molar-refractivity contribution >= 4 is 21.7 Å². The molecule has 3 heteroatoms. The van der Waals surface area contributed by atoms with Gasteiger partial charge in [-0.15, -0.1) is 0 Å². The van der Waals surface area contributed by atoms with Crippen LogP contribution in [0.25, 0.3) is 0 Å². The Bertz CT molecular complexity index is 116. The molecular formula is C6H10BrNO. The van der Waals surface area contributed by atoms with Crippen molar-refractivity contribution in [3.05, 3.63) is 0 Å². The minimum absolute atomic E-state index is 0.221. The van der Waals surface area contributed by atoms with Gasteiger partial charge in [-0.05, 0) is 0 Å². The fraction of sp³-hybridized carbons (Fsp3) is 0.833. The number of carbonyl (C=O) groups excluding carboxylic acids is 1. The fourth-order valence-corrected chi connectivity index (χ4v) is 1.54. The molecule has 0 aliphatic carbocycles. The summed E-state index contributed by atoms with van der Waals surface area (Å²) in [4.78, 5) is 11.0. The number of rotatable bonds is 1. The van der Waals surface area contributed by atoms with Gasteiger partial charge < -0.3 is 5.32 Å². The highest BCUT2D eigenvalue weighted by Gasteiger charge is 2.19. The van der Waals surface area contributed by atoms with Crippen molar-refractivity contribution in [3.8, 4) is 0 Å². The van der Waals surface area contributed by atoms with Gasteiger partial charge >= 0.3 is 0 Å². The van der Waals surface area contributed by atoms with E-state index in [2.05, 4.69) is 21.2 Å². The van der Waals surface area contributed by atoms with E-state index in [4.69, 9.17) is 0 Å². The van der Waals surface area contributed by atoms with Gasteiger partial charge in [0.25, 0.3) is 0 Å². The Labute approximate surface area is 63.1 Å². The Morgan fingerprint density at radius 1 is 1.78 bits per heavy atom. The lowest BCUT2D eigenvalue weighted by atomic mass is 10.0. The van der Waals surface area contributed by atoms with E-state index in [0.29, 0.717) is 12.2 Å². The quantitative estimate of drug-likeness (QED) is 0.615. The number of alkyl halides is 1. The van der Waals surface area contributed by atoms with Gasteiger partial charge in [0.15, 0.2) is 0 Å². The van der Waals surface area contributed by atoms with Gasteiger partial charge in [0.1, 0.15) is 5.78 Å². The van der Waals surface area contributed by atoms with Crippen molar-refractivity contribution in [3.63, 3.8) is 0 Å². The summed E-state index contributed by atoms with van der Waals surface area (Å²) in [6.45, 7) is 1.71. The molecule has 0 spiro atoms. The molecule has 0 aromatic rings. The summed E-state index contributed by atoms with van der Waals surface area (Å²) in [6.07, 6.45) is 0.705. The maximum Gasteiger partial charge on any atom is 0.139 e. The topological polar surface area (TPSA) is 29.1 Å². The average molecular weight is 192 g/mol. The zero-order valence-corrected chi connectivity index (χ0v) is 6.78. The van der Waals surface area contributed by atoms with E-state index < -0.39 is 0 Å². The molecule has 0 saturated carbocycles. The van der Waals surface area contributed by atoms with Crippen LogP contribution < -0.4 is 5.32 Å². The molecule has 1 rings (SSSR count). The average Bonchev–Trinajstić information content (AvgIpc) is 1.89. The number of Topliss-reactive ketones (excluding diaryl/α,β-unsaturated/α-hetero) is 1. The molecule has 1 aliphatic rings. The second kappa shape index (κ2) is 3.32. The van der Waals surface area contributed by atoms with Crippen molar-refractivity contribution in [2.45, 2.75) is 6.42 Å². The van der Waals surface area contributed by atoms with E-state index in [1.54, 1.807) is 0 Å². The van der Waals surface area contributed by atoms with Crippen LogP contribution in [0.2, 0.25) is 0 Å². The summed E-state index contributed by atoms with van der Waals surface area (Å²) in [5.41, 5.74) is 0. The highest BCUT2D eigenvalue weighted by Crippen LogP contribution is 2.07. The Kier molecular flexibility index (Phi) is 2.66. The molecular weight excluding hydrogens is 182 g/mol. The summed E-state index contributed by atoms with van der Waals surface area (Å²) in [6, 6.07) is 0. The monoisotopic (exact) mass is 191 g/mol. The highest BCUT2D eigenvalue weighted by molar-refractivity contribution is 9.09. The van der Waals surface area contributed by atoms with Gasteiger partial charge in [-0.1, -0.05) is 15.9 Å². The Morgan fingerprint density at radius 3 is 3.00 bits per heavy atom. The van der Waals surface area contributed by atoms with E-state index in [0.717, 1.165) is 18.4 Å². The lowest BCUT2D eigenvalue weighted by molar-refractivity contribution is -0.123. The van der Waals surface area contributed by atoms with Crippen LogP contribution >= 0.6 is 15.9 Å². The van der Waals surface area contributed by atoms with Crippen molar-refractivity contribution in [2.75, 3.05) is 18.4 Å². The van der Waals surface area contributed by atoms with Gasteiger partial charge in [-0.2, -0.15) is 0 Å². The van der Waals surface area contributed by atoms with Crippen LogP contribution in [0.1, 0.15) is 6.42 Å². The lowest BCUT2D eigenvalue weighted by Gasteiger charge is -2.18. The first-order valence-electron chi connectivity index (χ1n) is 3.14. The summed E-state index contributed by atoms with van der Waals surface area (Å²) in [5, 5.41) is 3.97.